The number of nitrogens with zero attached hydrogens (tertiary/aromatic N) is 3. The van der Waals surface area contributed by atoms with Gasteiger partial charge in [-0.05, 0) is 31.0 Å². The first-order chi connectivity index (χ1) is 11.4. The number of hydrogen-bond donors (Lipinski definition) is 1. The lowest BCUT2D eigenvalue weighted by molar-refractivity contribution is -0.151. The Morgan fingerprint density at radius 1 is 1.21 bits per heavy atom. The molecule has 1 fully saturated rings. The predicted octanol–water partition coefficient (Wildman–Crippen LogP) is 2.85. The van der Waals surface area contributed by atoms with Crippen molar-refractivity contribution in [2.45, 2.75) is 26.7 Å². The van der Waals surface area contributed by atoms with Gasteiger partial charge in [-0.15, -0.1) is 0 Å². The van der Waals surface area contributed by atoms with Crippen molar-refractivity contribution in [1.82, 2.24) is 10.2 Å². The van der Waals surface area contributed by atoms with Crippen molar-refractivity contribution >= 4 is 46.7 Å². The van der Waals surface area contributed by atoms with Crippen molar-refractivity contribution in [1.29, 1.82) is 0 Å². The van der Waals surface area contributed by atoms with Crippen LogP contribution in [-0.2, 0) is 9.59 Å². The molecule has 0 aliphatic carbocycles. The van der Waals surface area contributed by atoms with E-state index >= 15 is 0 Å². The van der Waals surface area contributed by atoms with Gasteiger partial charge in [-0.1, -0.05) is 37.0 Å². The minimum absolute atomic E-state index is 0.209. The molecule has 0 bridgehead atoms. The first-order valence-electron chi connectivity index (χ1n) is 7.80. The minimum atomic E-state index is -1.03. The molecule has 128 valence electrons. The Bertz CT molecular complexity index is 731. The molecule has 6 nitrogen and oxygen atoms in total. The number of hydrogen-bond acceptors (Lipinski definition) is 4. The molecule has 1 saturated heterocycles. The molecule has 0 unspecified atom stereocenters. The highest BCUT2D eigenvalue weighted by Crippen LogP contribution is 2.34. The van der Waals surface area contributed by atoms with Crippen molar-refractivity contribution in [2.75, 3.05) is 18.2 Å². The van der Waals surface area contributed by atoms with Crippen LogP contribution in [0.4, 0.5) is 5.69 Å². The SMILES string of the molecule is CCC1(CC)C(=O)NC2=NCN(c3ccc(Cl)c(Cl)c3)CN2C1=O. The summed E-state index contributed by atoms with van der Waals surface area (Å²) in [5.74, 6) is -0.158. The topological polar surface area (TPSA) is 65.0 Å². The lowest BCUT2D eigenvalue weighted by atomic mass is 9.78. The normalized spacial score (nSPS) is 19.8. The summed E-state index contributed by atoms with van der Waals surface area (Å²) in [6.07, 6.45) is 0.898. The maximum Gasteiger partial charge on any atom is 0.246 e. The number of benzene rings is 1. The highest BCUT2D eigenvalue weighted by molar-refractivity contribution is 6.42. The van der Waals surface area contributed by atoms with E-state index in [1.165, 1.54) is 4.90 Å². The Balaban J connectivity index is 1.92. The van der Waals surface area contributed by atoms with Gasteiger partial charge in [0.1, 0.15) is 18.8 Å². The van der Waals surface area contributed by atoms with Crippen molar-refractivity contribution < 1.29 is 9.59 Å². The highest BCUT2D eigenvalue weighted by Gasteiger charge is 2.51. The van der Waals surface area contributed by atoms with Gasteiger partial charge in [-0.25, -0.2) is 4.99 Å². The van der Waals surface area contributed by atoms with E-state index in [2.05, 4.69) is 10.3 Å². The predicted molar refractivity (Wildman–Crippen MR) is 94.1 cm³/mol. The number of halogens is 2. The minimum Gasteiger partial charge on any atom is -0.334 e. The molecule has 24 heavy (non-hydrogen) atoms. The lowest BCUT2D eigenvalue weighted by Crippen LogP contribution is -2.67. The molecule has 0 atom stereocenters. The van der Waals surface area contributed by atoms with Gasteiger partial charge in [0.15, 0.2) is 0 Å². The number of nitrogens with one attached hydrogen (secondary N) is 1. The van der Waals surface area contributed by atoms with Gasteiger partial charge in [0.2, 0.25) is 17.8 Å². The Labute approximate surface area is 150 Å². The van der Waals surface area contributed by atoms with Crippen molar-refractivity contribution in [3.8, 4) is 0 Å². The molecule has 0 spiro atoms. The van der Waals surface area contributed by atoms with Gasteiger partial charge < -0.3 is 4.90 Å². The number of carbonyl (C=O) groups is 2. The van der Waals surface area contributed by atoms with Crippen LogP contribution in [-0.4, -0.2) is 36.0 Å². The molecule has 0 aromatic heterocycles. The van der Waals surface area contributed by atoms with Gasteiger partial charge in [0.25, 0.3) is 0 Å². The molecule has 2 aliphatic rings. The third-order valence-electron chi connectivity index (χ3n) is 4.75. The number of amides is 2. The molecule has 1 N–H and O–H groups in total. The van der Waals surface area contributed by atoms with Gasteiger partial charge in [0.05, 0.1) is 10.0 Å². The van der Waals surface area contributed by atoms with Crippen LogP contribution in [0.3, 0.4) is 0 Å². The van der Waals surface area contributed by atoms with Crippen LogP contribution in [0.5, 0.6) is 0 Å². The van der Waals surface area contributed by atoms with Crippen LogP contribution in [0.25, 0.3) is 0 Å². The van der Waals surface area contributed by atoms with Gasteiger partial charge in [0, 0.05) is 5.69 Å². The second-order valence-electron chi connectivity index (χ2n) is 5.88. The van der Waals surface area contributed by atoms with Crippen LogP contribution in [0.1, 0.15) is 26.7 Å². The van der Waals surface area contributed by atoms with Crippen LogP contribution in [0.2, 0.25) is 10.0 Å². The molecule has 0 radical (unpaired) electrons. The first-order valence-corrected chi connectivity index (χ1v) is 8.56. The summed E-state index contributed by atoms with van der Waals surface area (Å²) in [4.78, 5) is 33.1. The summed E-state index contributed by atoms with van der Waals surface area (Å²) in [6.45, 7) is 4.33. The Morgan fingerprint density at radius 3 is 2.54 bits per heavy atom. The largest absolute Gasteiger partial charge is 0.334 e. The number of rotatable bonds is 3. The lowest BCUT2D eigenvalue weighted by Gasteiger charge is -2.44. The molecule has 1 aromatic carbocycles. The summed E-state index contributed by atoms with van der Waals surface area (Å²) in [5.41, 5.74) is -0.213. The smallest absolute Gasteiger partial charge is 0.246 e. The van der Waals surface area contributed by atoms with Gasteiger partial charge in [-0.3, -0.25) is 19.8 Å². The number of anilines is 1. The molecular weight excluding hydrogens is 351 g/mol. The Morgan fingerprint density at radius 2 is 1.92 bits per heavy atom. The van der Waals surface area contributed by atoms with Crippen LogP contribution < -0.4 is 10.2 Å². The summed E-state index contributed by atoms with van der Waals surface area (Å²) in [6, 6.07) is 5.28. The highest BCUT2D eigenvalue weighted by atomic mass is 35.5. The number of aliphatic imine (C=N–C) groups is 1. The molecule has 2 aliphatic heterocycles. The fourth-order valence-electron chi connectivity index (χ4n) is 3.08. The second kappa shape index (κ2) is 6.26. The Kier molecular flexibility index (Phi) is 4.44. The molecule has 3 rings (SSSR count). The number of carbonyl (C=O) groups excluding carboxylic acids is 2. The van der Waals surface area contributed by atoms with E-state index in [-0.39, 0.29) is 11.8 Å². The molecule has 2 heterocycles. The Hall–Kier alpha value is -1.79. The molecule has 2 amide bonds. The maximum absolute atomic E-state index is 13.0. The summed E-state index contributed by atoms with van der Waals surface area (Å²) < 4.78 is 0. The zero-order chi connectivity index (χ0) is 17.5. The van der Waals surface area contributed by atoms with Crippen LogP contribution in [0, 0.1) is 5.41 Å². The van der Waals surface area contributed by atoms with E-state index < -0.39 is 5.41 Å². The van der Waals surface area contributed by atoms with Crippen molar-refractivity contribution in [3.63, 3.8) is 0 Å². The first kappa shape index (κ1) is 17.0. The van der Waals surface area contributed by atoms with E-state index in [1.54, 1.807) is 12.1 Å². The summed E-state index contributed by atoms with van der Waals surface area (Å²) in [7, 11) is 0. The third-order valence-corrected chi connectivity index (χ3v) is 5.49. The third kappa shape index (κ3) is 2.54. The fourth-order valence-corrected chi connectivity index (χ4v) is 3.38. The summed E-state index contributed by atoms with van der Waals surface area (Å²) in [5, 5.41) is 3.69. The molecule has 0 saturated carbocycles. The zero-order valence-electron chi connectivity index (χ0n) is 13.5. The molecule has 8 heteroatoms. The van der Waals surface area contributed by atoms with Crippen molar-refractivity contribution in [3.05, 3.63) is 28.2 Å². The average molecular weight is 369 g/mol. The average Bonchev–Trinajstić information content (AvgIpc) is 2.58. The standard InChI is InChI=1S/C16H18Cl2N4O2/c1-3-16(4-2)13(23)20-15-19-8-21(9-22(15)14(16)24)10-5-6-11(17)12(18)7-10/h5-7H,3-4,8-9H2,1-2H3,(H,19,20,23). The van der Waals surface area contributed by atoms with E-state index in [0.29, 0.717) is 42.2 Å². The number of guanidine groups is 1. The number of fused-ring (bicyclic) bond motifs is 1. The van der Waals surface area contributed by atoms with E-state index in [0.717, 1.165) is 5.69 Å². The zero-order valence-corrected chi connectivity index (χ0v) is 15.0. The van der Waals surface area contributed by atoms with Crippen LogP contribution in [0.15, 0.2) is 23.2 Å². The quantitative estimate of drug-likeness (QED) is 0.834. The monoisotopic (exact) mass is 368 g/mol. The molecule has 1 aromatic rings. The maximum atomic E-state index is 13.0. The second-order valence-corrected chi connectivity index (χ2v) is 6.69. The summed E-state index contributed by atoms with van der Waals surface area (Å²) >= 11 is 12.0. The van der Waals surface area contributed by atoms with E-state index in [1.807, 2.05) is 24.8 Å². The van der Waals surface area contributed by atoms with Gasteiger partial charge >= 0.3 is 0 Å². The fraction of sp³-hybridized carbons (Fsp3) is 0.438. The van der Waals surface area contributed by atoms with E-state index in [9.17, 15) is 9.59 Å². The van der Waals surface area contributed by atoms with E-state index in [4.69, 9.17) is 23.2 Å². The van der Waals surface area contributed by atoms with Crippen LogP contribution >= 0.6 is 23.2 Å². The molecular formula is C16H18Cl2N4O2. The van der Waals surface area contributed by atoms with Gasteiger partial charge in [-0.2, -0.15) is 0 Å². The van der Waals surface area contributed by atoms with Crippen molar-refractivity contribution in [2.24, 2.45) is 10.4 Å².